The highest BCUT2D eigenvalue weighted by Gasteiger charge is 2.36. The van der Waals surface area contributed by atoms with E-state index in [-0.39, 0.29) is 17.4 Å². The maximum atomic E-state index is 14.8. The molecule has 0 amide bonds. The average molecular weight is 829 g/mol. The summed E-state index contributed by atoms with van der Waals surface area (Å²) in [5.74, 6) is -0.822. The molecule has 0 N–H and O–H groups in total. The Bertz CT molecular complexity index is 2160. The number of ketones is 1. The highest BCUT2D eigenvalue weighted by atomic mass is 32.2. The van der Waals surface area contributed by atoms with Crippen LogP contribution in [0.25, 0.3) is 22.5 Å². The lowest BCUT2D eigenvalue weighted by molar-refractivity contribution is -0.0952. The molecule has 2 fully saturated rings. The van der Waals surface area contributed by atoms with Crippen LogP contribution in [0.4, 0.5) is 8.78 Å². The number of methoxy groups -OCH3 is 2. The molecule has 4 heterocycles. The smallest absolute Gasteiger partial charge is 0.250 e. The molecule has 288 valence electrons. The first-order valence-electron chi connectivity index (χ1n) is 18.2. The van der Waals surface area contributed by atoms with E-state index < -0.39 is 11.2 Å². The molecule has 0 saturated carbocycles. The molecule has 6 aromatic rings. The third kappa shape index (κ3) is 8.41. The highest BCUT2D eigenvalue weighted by molar-refractivity contribution is 7.99. The molecule has 2 aliphatic heterocycles. The van der Waals surface area contributed by atoms with Crippen LogP contribution in [0.15, 0.2) is 115 Å². The summed E-state index contributed by atoms with van der Waals surface area (Å²) in [5.41, 5.74) is 3.69. The number of thiazole rings is 2. The van der Waals surface area contributed by atoms with Gasteiger partial charge in [-0.25, -0.2) is 18.7 Å². The van der Waals surface area contributed by atoms with Crippen molar-refractivity contribution >= 4 is 52.0 Å². The number of carbonyl (C=O) groups excluding carboxylic acids is 1. The predicted octanol–water partition coefficient (Wildman–Crippen LogP) is 11.0. The third-order valence-corrected chi connectivity index (χ3v) is 14.0. The van der Waals surface area contributed by atoms with E-state index in [1.165, 1.54) is 58.3 Å². The van der Waals surface area contributed by atoms with E-state index in [0.29, 0.717) is 73.5 Å². The van der Waals surface area contributed by atoms with Gasteiger partial charge < -0.3 is 18.9 Å². The fraction of sp³-hybridized carbons (Fsp3) is 0.279. The van der Waals surface area contributed by atoms with Crippen LogP contribution in [0.1, 0.15) is 51.6 Å². The lowest BCUT2D eigenvalue weighted by atomic mass is 9.86. The molecule has 2 aromatic heterocycles. The number of hydrogen-bond acceptors (Lipinski definition) is 11. The average Bonchev–Trinajstić information content (AvgIpc) is 3.93. The summed E-state index contributed by atoms with van der Waals surface area (Å²) >= 11 is 5.53. The molecule has 0 unspecified atom stereocenters. The molecule has 4 aromatic carbocycles. The van der Waals surface area contributed by atoms with Gasteiger partial charge in [-0.3, -0.25) is 4.79 Å². The van der Waals surface area contributed by atoms with Gasteiger partial charge in [0.1, 0.15) is 11.6 Å². The normalized spacial score (nSPS) is 16.5. The second-order valence-corrected chi connectivity index (χ2v) is 17.6. The number of rotatable bonds is 12. The largest absolute Gasteiger partial charge is 0.381 e. The third-order valence-electron chi connectivity index (χ3n) is 10.3. The van der Waals surface area contributed by atoms with Gasteiger partial charge in [-0.15, -0.1) is 22.7 Å². The lowest BCUT2D eigenvalue weighted by Crippen LogP contribution is -2.35. The van der Waals surface area contributed by atoms with Gasteiger partial charge in [0.15, 0.2) is 10.0 Å². The monoisotopic (exact) mass is 828 g/mol. The molecule has 13 heteroatoms. The summed E-state index contributed by atoms with van der Waals surface area (Å²) in [6, 6.07) is 25.9. The highest BCUT2D eigenvalue weighted by Crippen LogP contribution is 2.41. The van der Waals surface area contributed by atoms with Crippen molar-refractivity contribution in [2.45, 2.75) is 56.5 Å². The molecule has 0 aliphatic carbocycles. The molecular weight excluding hydrogens is 791 g/mol. The van der Waals surface area contributed by atoms with Crippen LogP contribution in [0.2, 0.25) is 0 Å². The Labute approximate surface area is 340 Å². The second kappa shape index (κ2) is 17.0. The Morgan fingerprint density at radius 2 is 1.00 bits per heavy atom. The van der Waals surface area contributed by atoms with Crippen molar-refractivity contribution < 1.29 is 32.5 Å². The Hall–Kier alpha value is -3.79. The van der Waals surface area contributed by atoms with Crippen molar-refractivity contribution in [3.05, 3.63) is 128 Å². The van der Waals surface area contributed by atoms with Gasteiger partial charge in [-0.2, -0.15) is 0 Å². The molecule has 0 bridgehead atoms. The van der Waals surface area contributed by atoms with Gasteiger partial charge in [0.2, 0.25) is 5.78 Å². The van der Waals surface area contributed by atoms with E-state index in [1.54, 1.807) is 26.4 Å². The lowest BCUT2D eigenvalue weighted by Gasteiger charge is -2.36. The second-order valence-electron chi connectivity index (χ2n) is 13.6. The van der Waals surface area contributed by atoms with Gasteiger partial charge in [-0.05, 0) is 71.8 Å². The summed E-state index contributed by atoms with van der Waals surface area (Å²) in [6.07, 6.45) is 2.71. The zero-order chi connectivity index (χ0) is 38.7. The van der Waals surface area contributed by atoms with Crippen molar-refractivity contribution in [2.24, 2.45) is 0 Å². The first-order chi connectivity index (χ1) is 27.2. The van der Waals surface area contributed by atoms with Gasteiger partial charge in [0.05, 0.1) is 22.6 Å². The SMILES string of the molecule is COC1(c2cc(F)cc(Sc3ccc(-c4csc(C(=O)c5nc(-c6ccc(Sc7cc(F)cc(C8(OC)CCOCC8)c7)cc6)cs5)n4)cc3)c2)CCOCC1. The van der Waals surface area contributed by atoms with Crippen molar-refractivity contribution in [1.82, 2.24) is 9.97 Å². The molecular formula is C43H38F2N2O5S4. The van der Waals surface area contributed by atoms with Crippen LogP contribution >= 0.6 is 46.2 Å². The van der Waals surface area contributed by atoms with Crippen LogP contribution in [0.5, 0.6) is 0 Å². The molecule has 0 spiro atoms. The number of halogens is 2. The van der Waals surface area contributed by atoms with Crippen LogP contribution in [-0.4, -0.2) is 56.4 Å². The fourth-order valence-electron chi connectivity index (χ4n) is 7.17. The quantitative estimate of drug-likeness (QED) is 0.112. The van der Waals surface area contributed by atoms with Crippen molar-refractivity contribution in [3.63, 3.8) is 0 Å². The minimum absolute atomic E-state index is 0.225. The summed E-state index contributed by atoms with van der Waals surface area (Å²) in [6.45, 7) is 2.31. The number of ether oxygens (including phenoxy) is 4. The molecule has 2 aliphatic rings. The van der Waals surface area contributed by atoms with Crippen LogP contribution < -0.4 is 0 Å². The summed E-state index contributed by atoms with van der Waals surface area (Å²) < 4.78 is 52.4. The van der Waals surface area contributed by atoms with E-state index in [4.69, 9.17) is 18.9 Å². The van der Waals surface area contributed by atoms with Crippen molar-refractivity contribution in [2.75, 3.05) is 40.6 Å². The van der Waals surface area contributed by atoms with E-state index in [0.717, 1.165) is 41.8 Å². The zero-order valence-corrected chi connectivity index (χ0v) is 34.0. The molecule has 0 radical (unpaired) electrons. The topological polar surface area (TPSA) is 79.8 Å². The van der Waals surface area contributed by atoms with Gasteiger partial charge in [-0.1, -0.05) is 47.8 Å². The number of nitrogens with zero attached hydrogens (tertiary/aromatic N) is 2. The molecule has 2 saturated heterocycles. The van der Waals surface area contributed by atoms with E-state index >= 15 is 0 Å². The summed E-state index contributed by atoms with van der Waals surface area (Å²) in [4.78, 5) is 26.3. The van der Waals surface area contributed by atoms with E-state index in [2.05, 4.69) is 9.97 Å². The van der Waals surface area contributed by atoms with Crippen LogP contribution in [-0.2, 0) is 30.1 Å². The fourth-order valence-corrected chi connectivity index (χ4v) is 10.6. The number of aromatic nitrogens is 2. The minimum Gasteiger partial charge on any atom is -0.381 e. The molecule has 56 heavy (non-hydrogen) atoms. The number of carbonyl (C=O) groups is 1. The predicted molar refractivity (Wildman–Crippen MR) is 217 cm³/mol. The first-order valence-corrected chi connectivity index (χ1v) is 21.5. The summed E-state index contributed by atoms with van der Waals surface area (Å²) in [7, 11) is 3.35. The first kappa shape index (κ1) is 39.1. The minimum atomic E-state index is -0.553. The maximum absolute atomic E-state index is 14.8. The van der Waals surface area contributed by atoms with Crippen molar-refractivity contribution in [3.8, 4) is 22.5 Å². The summed E-state index contributed by atoms with van der Waals surface area (Å²) in [5, 5.41) is 4.47. The van der Waals surface area contributed by atoms with Gasteiger partial charge in [0.25, 0.3) is 0 Å². The standard InChI is InChI=1S/C43H38F2N2O5S4/c1-49-42(11-15-51-16-12-42)29-19-31(44)23-35(21-29)55-33-7-3-27(4-8-33)37-25-53-40(46-37)39(48)41-47-38(26-54-41)28-5-9-34(10-6-28)56-36-22-30(20-32(45)24-36)43(50-2)13-17-52-18-14-43/h3-10,19-26H,11-18H2,1-2H3. The maximum Gasteiger partial charge on any atom is 0.250 e. The Morgan fingerprint density at radius 3 is 1.38 bits per heavy atom. The van der Waals surface area contributed by atoms with Crippen LogP contribution in [0, 0.1) is 11.6 Å². The molecule has 0 atom stereocenters. The van der Waals surface area contributed by atoms with Crippen LogP contribution in [0.3, 0.4) is 0 Å². The molecule has 7 nitrogen and oxygen atoms in total. The zero-order valence-electron chi connectivity index (χ0n) is 30.7. The Balaban J connectivity index is 0.910. The van der Waals surface area contributed by atoms with E-state index in [9.17, 15) is 13.6 Å². The Kier molecular flexibility index (Phi) is 11.8. The van der Waals surface area contributed by atoms with Crippen molar-refractivity contribution in [1.29, 1.82) is 0 Å². The van der Waals surface area contributed by atoms with Gasteiger partial charge >= 0.3 is 0 Å². The Morgan fingerprint density at radius 1 is 0.607 bits per heavy atom. The number of benzene rings is 4. The van der Waals surface area contributed by atoms with Gasteiger partial charge in [0, 0.05) is 108 Å². The number of hydrogen-bond donors (Lipinski definition) is 0. The van der Waals surface area contributed by atoms with E-state index in [1.807, 2.05) is 71.4 Å². The molecule has 8 rings (SSSR count).